The quantitative estimate of drug-likeness (QED) is 0.188. The van der Waals surface area contributed by atoms with Crippen LogP contribution in [-0.4, -0.2) is 36.0 Å². The highest BCUT2D eigenvalue weighted by molar-refractivity contribution is 7.16. The van der Waals surface area contributed by atoms with Gasteiger partial charge in [-0.25, -0.2) is 5.43 Å². The molecule has 0 fully saturated rings. The average Bonchev–Trinajstić information content (AvgIpc) is 3.35. The first-order valence-corrected chi connectivity index (χ1v) is 11.7. The van der Waals surface area contributed by atoms with E-state index < -0.39 is 16.7 Å². The highest BCUT2D eigenvalue weighted by Gasteiger charge is 2.15. The number of hydrazone groups is 1. The zero-order valence-corrected chi connectivity index (χ0v) is 20.1. The maximum Gasteiger partial charge on any atom is 0.324 e. The molecule has 0 aliphatic rings. The fourth-order valence-electron chi connectivity index (χ4n) is 3.20. The van der Waals surface area contributed by atoms with Crippen LogP contribution in [0.3, 0.4) is 0 Å². The normalized spacial score (nSPS) is 11.3. The summed E-state index contributed by atoms with van der Waals surface area (Å²) in [5, 5.41) is 17.3. The molecule has 1 aromatic heterocycles. The number of thiophene rings is 1. The third kappa shape index (κ3) is 7.08. The molecular weight excluding hydrogens is 466 g/mol. The van der Waals surface area contributed by atoms with E-state index in [2.05, 4.69) is 34.6 Å². The first-order chi connectivity index (χ1) is 16.9. The molecule has 0 saturated carbocycles. The summed E-state index contributed by atoms with van der Waals surface area (Å²) < 4.78 is 0. The number of carbonyl (C=O) groups is 2. The van der Waals surface area contributed by atoms with Gasteiger partial charge in [-0.15, -0.1) is 0 Å². The summed E-state index contributed by atoms with van der Waals surface area (Å²) in [6.07, 6.45) is 2.87. The fraction of sp³-hybridized carbons (Fsp3) is 0.160. The summed E-state index contributed by atoms with van der Waals surface area (Å²) in [6.45, 7) is 5.90. The summed E-state index contributed by atoms with van der Waals surface area (Å²) >= 11 is 0.931. The van der Waals surface area contributed by atoms with Gasteiger partial charge in [-0.3, -0.25) is 19.7 Å². The number of hydrogen-bond acceptors (Lipinski definition) is 7. The van der Waals surface area contributed by atoms with Gasteiger partial charge < -0.3 is 10.2 Å². The highest BCUT2D eigenvalue weighted by Crippen LogP contribution is 2.22. The molecule has 180 valence electrons. The van der Waals surface area contributed by atoms with Crippen molar-refractivity contribution in [3.63, 3.8) is 0 Å². The van der Waals surface area contributed by atoms with Crippen molar-refractivity contribution in [1.82, 2.24) is 10.7 Å². The SMILES string of the molecule is CCN(CC)c1ccc(/C=C(/NC(=O)c2ccccc2)C(=O)N/N=C/c2ccc([N+](=O)[O-])s2)cc1. The van der Waals surface area contributed by atoms with E-state index in [4.69, 9.17) is 0 Å². The first-order valence-electron chi connectivity index (χ1n) is 10.9. The van der Waals surface area contributed by atoms with Gasteiger partial charge in [-0.2, -0.15) is 5.10 Å². The first kappa shape index (κ1) is 25.3. The van der Waals surface area contributed by atoms with Gasteiger partial charge in [-0.1, -0.05) is 41.7 Å². The lowest BCUT2D eigenvalue weighted by molar-refractivity contribution is -0.380. The molecule has 1 heterocycles. The number of nitro groups is 1. The Morgan fingerprint density at radius 1 is 1.03 bits per heavy atom. The number of benzene rings is 2. The molecule has 0 aliphatic heterocycles. The van der Waals surface area contributed by atoms with Gasteiger partial charge in [0, 0.05) is 30.4 Å². The number of anilines is 1. The lowest BCUT2D eigenvalue weighted by Gasteiger charge is -2.20. The molecule has 2 amide bonds. The second-order valence-corrected chi connectivity index (χ2v) is 8.37. The Morgan fingerprint density at radius 3 is 2.31 bits per heavy atom. The smallest absolute Gasteiger partial charge is 0.324 e. The second-order valence-electron chi connectivity index (χ2n) is 7.27. The number of hydrogen-bond donors (Lipinski definition) is 2. The van der Waals surface area contributed by atoms with Gasteiger partial charge in [0.1, 0.15) is 5.70 Å². The van der Waals surface area contributed by atoms with Crippen LogP contribution in [0.2, 0.25) is 0 Å². The van der Waals surface area contributed by atoms with Crippen molar-refractivity contribution < 1.29 is 14.5 Å². The molecule has 9 nitrogen and oxygen atoms in total. The molecule has 10 heteroatoms. The molecule has 2 aromatic carbocycles. The minimum Gasteiger partial charge on any atom is -0.372 e. The molecule has 3 aromatic rings. The maximum absolute atomic E-state index is 12.9. The van der Waals surface area contributed by atoms with Crippen molar-refractivity contribution in [1.29, 1.82) is 0 Å². The van der Waals surface area contributed by atoms with E-state index in [0.717, 1.165) is 35.7 Å². The van der Waals surface area contributed by atoms with Crippen LogP contribution in [0.25, 0.3) is 6.08 Å². The number of rotatable bonds is 10. The number of amides is 2. The lowest BCUT2D eigenvalue weighted by Crippen LogP contribution is -2.32. The van der Waals surface area contributed by atoms with Gasteiger partial charge in [-0.05, 0) is 55.8 Å². The summed E-state index contributed by atoms with van der Waals surface area (Å²) in [6, 6.07) is 19.1. The van der Waals surface area contributed by atoms with Crippen LogP contribution in [0.5, 0.6) is 0 Å². The maximum atomic E-state index is 12.9. The van der Waals surface area contributed by atoms with Crippen molar-refractivity contribution in [2.24, 2.45) is 5.10 Å². The largest absolute Gasteiger partial charge is 0.372 e. The Bertz CT molecular complexity index is 1230. The fourth-order valence-corrected chi connectivity index (χ4v) is 3.90. The third-order valence-electron chi connectivity index (χ3n) is 5.01. The molecule has 35 heavy (non-hydrogen) atoms. The Labute approximate surface area is 206 Å². The van der Waals surface area contributed by atoms with Gasteiger partial charge in [0.2, 0.25) is 0 Å². The average molecular weight is 492 g/mol. The van der Waals surface area contributed by atoms with E-state index in [9.17, 15) is 19.7 Å². The van der Waals surface area contributed by atoms with Crippen LogP contribution in [0.4, 0.5) is 10.7 Å². The van der Waals surface area contributed by atoms with Crippen molar-refractivity contribution >= 4 is 46.1 Å². The highest BCUT2D eigenvalue weighted by atomic mass is 32.1. The molecule has 0 radical (unpaired) electrons. The Balaban J connectivity index is 1.81. The topological polar surface area (TPSA) is 117 Å². The zero-order chi connectivity index (χ0) is 25.2. The van der Waals surface area contributed by atoms with E-state index >= 15 is 0 Å². The summed E-state index contributed by atoms with van der Waals surface area (Å²) in [7, 11) is 0. The van der Waals surface area contributed by atoms with Gasteiger partial charge in [0.25, 0.3) is 11.8 Å². The van der Waals surface area contributed by atoms with Crippen LogP contribution in [0.15, 0.2) is 77.5 Å². The van der Waals surface area contributed by atoms with Crippen LogP contribution in [0, 0.1) is 10.1 Å². The van der Waals surface area contributed by atoms with Crippen LogP contribution >= 0.6 is 11.3 Å². The Kier molecular flexibility index (Phi) is 8.85. The van der Waals surface area contributed by atoms with Gasteiger partial charge in [0.15, 0.2) is 0 Å². The van der Waals surface area contributed by atoms with E-state index in [-0.39, 0.29) is 10.7 Å². The Morgan fingerprint density at radius 2 is 1.71 bits per heavy atom. The summed E-state index contributed by atoms with van der Waals surface area (Å²) in [5.41, 5.74) is 4.55. The van der Waals surface area contributed by atoms with E-state index in [1.165, 1.54) is 18.3 Å². The molecule has 0 atom stereocenters. The van der Waals surface area contributed by atoms with Crippen LogP contribution in [0.1, 0.15) is 34.6 Å². The Hall–Kier alpha value is -4.31. The monoisotopic (exact) mass is 491 g/mol. The minimum absolute atomic E-state index is 0.00347. The van der Waals surface area contributed by atoms with Crippen LogP contribution in [-0.2, 0) is 4.79 Å². The summed E-state index contributed by atoms with van der Waals surface area (Å²) in [5.74, 6) is -1.07. The molecule has 0 spiro atoms. The molecule has 0 bridgehead atoms. The third-order valence-corrected chi connectivity index (χ3v) is 5.98. The van der Waals surface area contributed by atoms with E-state index in [0.29, 0.717) is 10.4 Å². The molecule has 0 unspecified atom stereocenters. The van der Waals surface area contributed by atoms with E-state index in [1.807, 2.05) is 24.3 Å². The van der Waals surface area contributed by atoms with Crippen LogP contribution < -0.4 is 15.6 Å². The predicted molar refractivity (Wildman–Crippen MR) is 139 cm³/mol. The standard InChI is InChI=1S/C25H25N5O4S/c1-3-29(4-2)20-12-10-18(11-13-20)16-22(27-24(31)19-8-6-5-7-9-19)25(32)28-26-17-21-14-15-23(35-21)30(33)34/h5-17H,3-4H2,1-2H3,(H,27,31)(H,28,32)/b22-16+,26-17+. The molecular formula is C25H25N5O4S. The molecule has 3 rings (SSSR count). The second kappa shape index (κ2) is 12.2. The molecule has 0 aliphatic carbocycles. The number of nitrogens with zero attached hydrogens (tertiary/aromatic N) is 3. The van der Waals surface area contributed by atoms with Crippen molar-refractivity contribution in [3.05, 3.63) is 98.5 Å². The lowest BCUT2D eigenvalue weighted by atomic mass is 10.1. The van der Waals surface area contributed by atoms with Crippen molar-refractivity contribution in [3.8, 4) is 0 Å². The van der Waals surface area contributed by atoms with Gasteiger partial charge >= 0.3 is 5.00 Å². The van der Waals surface area contributed by atoms with Crippen molar-refractivity contribution in [2.45, 2.75) is 13.8 Å². The predicted octanol–water partition coefficient (Wildman–Crippen LogP) is 4.42. The van der Waals surface area contributed by atoms with E-state index in [1.54, 1.807) is 36.4 Å². The van der Waals surface area contributed by atoms with Crippen molar-refractivity contribution in [2.75, 3.05) is 18.0 Å². The minimum atomic E-state index is -0.635. The summed E-state index contributed by atoms with van der Waals surface area (Å²) in [4.78, 5) is 38.6. The van der Waals surface area contributed by atoms with Gasteiger partial charge in [0.05, 0.1) is 16.0 Å². The molecule has 2 N–H and O–H groups in total. The number of carbonyl (C=O) groups excluding carboxylic acids is 2. The zero-order valence-electron chi connectivity index (χ0n) is 19.3. The molecule has 0 saturated heterocycles. The number of nitrogens with one attached hydrogen (secondary N) is 2.